The average molecular weight is 166 g/mol. The third-order valence-corrected chi connectivity index (χ3v) is 0.822. The van der Waals surface area contributed by atoms with Crippen molar-refractivity contribution in [3.05, 3.63) is 0 Å². The Hall–Kier alpha value is 1.36. The van der Waals surface area contributed by atoms with E-state index in [4.69, 9.17) is 14.4 Å². The van der Waals surface area contributed by atoms with Gasteiger partial charge in [0.05, 0.1) is 0 Å². The molecule has 0 aliphatic heterocycles. The van der Waals surface area contributed by atoms with Gasteiger partial charge in [0.25, 0.3) is 0 Å². The van der Waals surface area contributed by atoms with Gasteiger partial charge in [0, 0.05) is 7.11 Å². The van der Waals surface area contributed by atoms with E-state index in [0.29, 0.717) is 0 Å². The molecule has 8 heavy (non-hydrogen) atoms. The van der Waals surface area contributed by atoms with Crippen molar-refractivity contribution in [2.75, 3.05) is 7.11 Å². The second-order valence-electron chi connectivity index (χ2n) is 0.778. The Kier molecular flexibility index (Phi) is 13.1. The summed E-state index contributed by atoms with van der Waals surface area (Å²) in [5.74, 6) is 0. The van der Waals surface area contributed by atoms with Crippen molar-refractivity contribution in [1.82, 2.24) is 0 Å². The van der Waals surface area contributed by atoms with Crippen LogP contribution in [0.25, 0.3) is 0 Å². The third kappa shape index (κ3) is 15.7. The van der Waals surface area contributed by atoms with E-state index in [1.807, 2.05) is 0 Å². The maximum Gasteiger partial charge on any atom is 2.00 e. The molecule has 0 aromatic heterocycles. The Labute approximate surface area is 78.2 Å². The molecule has 3 N–H and O–H groups in total. The smallest absolute Gasteiger partial charge is 1.00 e. The van der Waals surface area contributed by atoms with Crippen molar-refractivity contribution in [2.24, 2.45) is 0 Å². The van der Waals surface area contributed by atoms with E-state index in [9.17, 15) is 0 Å². The fourth-order valence-corrected chi connectivity index (χ4v) is 0. The first kappa shape index (κ1) is 16.2. The zero-order valence-corrected chi connectivity index (χ0v) is 6.37. The van der Waals surface area contributed by atoms with Crippen LogP contribution < -0.4 is 0 Å². The average Bonchev–Trinajstić information content (AvgIpc) is 1.35. The summed E-state index contributed by atoms with van der Waals surface area (Å²) in [5, 5.41) is 0. The summed E-state index contributed by atoms with van der Waals surface area (Å²) < 4.78 is 3.74. The topological polar surface area (TPSA) is 69.9 Å². The van der Waals surface area contributed by atoms with Gasteiger partial charge in [-0.05, 0) is 0 Å². The molecule has 0 atom stereocenters. The number of hydrogen-bond acceptors (Lipinski definition) is 4. The third-order valence-electron chi connectivity index (χ3n) is 0.274. The van der Waals surface area contributed by atoms with Crippen LogP contribution in [0.5, 0.6) is 0 Å². The van der Waals surface area contributed by atoms with Gasteiger partial charge >= 0.3 is 32.1 Å². The Balaban J connectivity index is -0.0000000208. The minimum absolute atomic E-state index is 0. The molecular formula is CH11AlMgO4Si. The molecule has 4 nitrogen and oxygen atoms in total. The molecule has 0 bridgehead atoms. The van der Waals surface area contributed by atoms with Crippen LogP contribution in [-0.4, -0.2) is 71.0 Å². The zero-order valence-electron chi connectivity index (χ0n) is 5.96. The van der Waals surface area contributed by atoms with Gasteiger partial charge in [0.2, 0.25) is 0 Å². The summed E-state index contributed by atoms with van der Waals surface area (Å²) in [6.07, 6.45) is 0. The number of hydrogen-bond donors (Lipinski definition) is 3. The molecule has 0 rings (SSSR count). The van der Waals surface area contributed by atoms with E-state index in [1.165, 1.54) is 0 Å². The van der Waals surface area contributed by atoms with Crippen LogP contribution in [0.3, 0.4) is 0 Å². The van der Waals surface area contributed by atoms with Gasteiger partial charge in [-0.3, -0.25) is 0 Å². The molecule has 0 unspecified atom stereocenters. The first-order valence-electron chi connectivity index (χ1n) is 1.28. The quantitative estimate of drug-likeness (QED) is 0.357. The van der Waals surface area contributed by atoms with Crippen LogP contribution in [0.1, 0.15) is 2.85 Å². The van der Waals surface area contributed by atoms with E-state index in [-0.39, 0.29) is 43.3 Å². The van der Waals surface area contributed by atoms with E-state index in [1.54, 1.807) is 0 Å². The summed E-state index contributed by atoms with van der Waals surface area (Å²) in [6, 6.07) is 0. The molecule has 0 radical (unpaired) electrons. The minimum atomic E-state index is -4.13. The van der Waals surface area contributed by atoms with Gasteiger partial charge in [-0.2, -0.15) is 0 Å². The van der Waals surface area contributed by atoms with Crippen molar-refractivity contribution in [3.8, 4) is 0 Å². The predicted molar refractivity (Wildman–Crippen MR) is 37.3 cm³/mol. The standard InChI is InChI=1S/CH6O4Si.Al.Mg.5H/c1-5-6(2,3)4;;;;;;;/h2-4H,1H3;;;;;;;/q;;+2;;;;2*-1. The van der Waals surface area contributed by atoms with Crippen LogP contribution in [0, 0.1) is 0 Å². The fraction of sp³-hybridized carbons (Fsp3) is 1.00. The van der Waals surface area contributed by atoms with Gasteiger partial charge in [-0.15, -0.1) is 0 Å². The fourth-order valence-electron chi connectivity index (χ4n) is 0. The van der Waals surface area contributed by atoms with Crippen molar-refractivity contribution >= 4 is 49.5 Å². The molecular weight excluding hydrogens is 155 g/mol. The van der Waals surface area contributed by atoms with Crippen LogP contribution in [-0.2, 0) is 4.43 Å². The maximum atomic E-state index is 7.85. The molecule has 0 saturated carbocycles. The molecule has 0 aromatic carbocycles. The van der Waals surface area contributed by atoms with Gasteiger partial charge in [0.15, 0.2) is 17.4 Å². The van der Waals surface area contributed by atoms with E-state index < -0.39 is 9.05 Å². The molecule has 0 heterocycles. The summed E-state index contributed by atoms with van der Waals surface area (Å²) in [7, 11) is -3.11. The van der Waals surface area contributed by atoms with Crippen LogP contribution in [0.4, 0.5) is 0 Å². The Morgan fingerprint density at radius 2 is 1.50 bits per heavy atom. The molecule has 0 saturated heterocycles. The minimum Gasteiger partial charge on any atom is -1.00 e. The van der Waals surface area contributed by atoms with Crippen molar-refractivity contribution < 1.29 is 21.7 Å². The predicted octanol–water partition coefficient (Wildman–Crippen LogP) is -3.29. The van der Waals surface area contributed by atoms with Crippen molar-refractivity contribution in [3.63, 3.8) is 0 Å². The maximum absolute atomic E-state index is 7.85. The summed E-state index contributed by atoms with van der Waals surface area (Å²) in [6.45, 7) is 0. The molecule has 0 aliphatic carbocycles. The first-order valence-corrected chi connectivity index (χ1v) is 3.03. The van der Waals surface area contributed by atoms with Crippen LogP contribution in [0.2, 0.25) is 0 Å². The zero-order chi connectivity index (χ0) is 5.21. The molecule has 0 aromatic rings. The molecule has 0 aliphatic rings. The normalized spacial score (nSPS) is 9.00. The molecule has 0 spiro atoms. The summed E-state index contributed by atoms with van der Waals surface area (Å²) in [5.41, 5.74) is 0. The van der Waals surface area contributed by atoms with Gasteiger partial charge < -0.3 is 21.7 Å². The van der Waals surface area contributed by atoms with E-state index >= 15 is 0 Å². The number of rotatable bonds is 1. The van der Waals surface area contributed by atoms with Crippen LogP contribution in [0.15, 0.2) is 0 Å². The molecule has 48 valence electrons. The second kappa shape index (κ2) is 6.48. The Bertz CT molecular complexity index is 53.0. The van der Waals surface area contributed by atoms with E-state index in [2.05, 4.69) is 4.43 Å². The summed E-state index contributed by atoms with van der Waals surface area (Å²) >= 11 is 0. The second-order valence-corrected chi connectivity index (χ2v) is 2.33. The Morgan fingerprint density at radius 3 is 1.50 bits per heavy atom. The monoisotopic (exact) mass is 166 g/mol. The molecule has 0 fully saturated rings. The van der Waals surface area contributed by atoms with Crippen molar-refractivity contribution in [1.29, 1.82) is 0 Å². The van der Waals surface area contributed by atoms with Crippen molar-refractivity contribution in [2.45, 2.75) is 0 Å². The van der Waals surface area contributed by atoms with E-state index in [0.717, 1.165) is 7.11 Å². The largest absolute Gasteiger partial charge is 2.00 e. The van der Waals surface area contributed by atoms with Gasteiger partial charge in [-0.1, -0.05) is 0 Å². The molecule has 0 amide bonds. The first-order chi connectivity index (χ1) is 2.56. The Morgan fingerprint density at radius 1 is 1.38 bits per heavy atom. The van der Waals surface area contributed by atoms with Gasteiger partial charge in [0.1, 0.15) is 0 Å². The molecule has 7 heteroatoms. The van der Waals surface area contributed by atoms with Gasteiger partial charge in [-0.25, -0.2) is 0 Å². The summed E-state index contributed by atoms with van der Waals surface area (Å²) in [4.78, 5) is 23.6. The SMILES string of the molecule is CO[Si](O)(O)O.[AlH3].[H-].[H-].[Mg+2]. The van der Waals surface area contributed by atoms with Crippen LogP contribution >= 0.6 is 0 Å².